The molecule has 0 aromatic rings. The lowest BCUT2D eigenvalue weighted by molar-refractivity contribution is 0.183. The Balaban J connectivity index is 1.74. The molecule has 1 atom stereocenters. The summed E-state index contributed by atoms with van der Waals surface area (Å²) in [6, 6.07) is 0.387. The summed E-state index contributed by atoms with van der Waals surface area (Å²) < 4.78 is 0. The molecule has 0 aromatic carbocycles. The van der Waals surface area contributed by atoms with Crippen molar-refractivity contribution in [1.29, 1.82) is 0 Å². The maximum atomic E-state index is 6.14. The van der Waals surface area contributed by atoms with Gasteiger partial charge in [0, 0.05) is 12.6 Å². The minimum absolute atomic E-state index is 0.387. The van der Waals surface area contributed by atoms with Crippen LogP contribution in [0.25, 0.3) is 0 Å². The molecule has 1 saturated heterocycles. The van der Waals surface area contributed by atoms with Crippen molar-refractivity contribution in [3.05, 3.63) is 0 Å². The van der Waals surface area contributed by atoms with Crippen LogP contribution in [0.15, 0.2) is 0 Å². The summed E-state index contributed by atoms with van der Waals surface area (Å²) in [6.07, 6.45) is 10.0. The van der Waals surface area contributed by atoms with E-state index in [0.29, 0.717) is 17.4 Å². The van der Waals surface area contributed by atoms with Crippen molar-refractivity contribution in [2.24, 2.45) is 17.1 Å². The molecule has 2 rings (SSSR count). The Morgan fingerprint density at radius 3 is 2.47 bits per heavy atom. The van der Waals surface area contributed by atoms with E-state index in [1.807, 2.05) is 0 Å². The standard InChI is InChI=1S/C15H30N2/c1-13(2)14(16)6-10-17-11-9-15(12-17)7-4-3-5-8-15/h13-14H,3-12,16H2,1-2H3. The zero-order valence-corrected chi connectivity index (χ0v) is 11.8. The van der Waals surface area contributed by atoms with Gasteiger partial charge in [0.2, 0.25) is 0 Å². The van der Waals surface area contributed by atoms with Gasteiger partial charge in [0.15, 0.2) is 0 Å². The SMILES string of the molecule is CC(C)C(N)CCN1CCC2(CCCCC2)C1. The van der Waals surface area contributed by atoms with Gasteiger partial charge in [-0.15, -0.1) is 0 Å². The molecule has 1 aliphatic heterocycles. The van der Waals surface area contributed by atoms with E-state index in [9.17, 15) is 0 Å². The van der Waals surface area contributed by atoms with Crippen LogP contribution in [-0.2, 0) is 0 Å². The molecule has 0 bridgehead atoms. The first-order valence-corrected chi connectivity index (χ1v) is 7.59. The molecular formula is C15H30N2. The van der Waals surface area contributed by atoms with Crippen LogP contribution in [0.4, 0.5) is 0 Å². The Morgan fingerprint density at radius 1 is 1.12 bits per heavy atom. The van der Waals surface area contributed by atoms with E-state index in [2.05, 4.69) is 18.7 Å². The molecular weight excluding hydrogens is 208 g/mol. The largest absolute Gasteiger partial charge is 0.327 e. The second-order valence-corrected chi connectivity index (χ2v) is 6.78. The molecule has 2 nitrogen and oxygen atoms in total. The van der Waals surface area contributed by atoms with Gasteiger partial charge < -0.3 is 10.6 Å². The molecule has 0 amide bonds. The van der Waals surface area contributed by atoms with Crippen LogP contribution < -0.4 is 5.73 Å². The van der Waals surface area contributed by atoms with Crippen molar-refractivity contribution in [1.82, 2.24) is 4.90 Å². The van der Waals surface area contributed by atoms with E-state index >= 15 is 0 Å². The number of hydrogen-bond donors (Lipinski definition) is 1. The zero-order chi connectivity index (χ0) is 12.3. The summed E-state index contributed by atoms with van der Waals surface area (Å²) in [5.74, 6) is 0.626. The van der Waals surface area contributed by atoms with Gasteiger partial charge >= 0.3 is 0 Å². The number of rotatable bonds is 4. The van der Waals surface area contributed by atoms with E-state index in [1.165, 1.54) is 64.6 Å². The highest BCUT2D eigenvalue weighted by molar-refractivity contribution is 4.92. The Bertz CT molecular complexity index is 231. The second-order valence-electron chi connectivity index (χ2n) is 6.78. The highest BCUT2D eigenvalue weighted by atomic mass is 15.2. The first kappa shape index (κ1) is 13.4. The molecule has 0 radical (unpaired) electrons. The third-order valence-corrected chi connectivity index (χ3v) is 5.07. The smallest absolute Gasteiger partial charge is 0.00740 e. The monoisotopic (exact) mass is 238 g/mol. The molecule has 2 N–H and O–H groups in total. The lowest BCUT2D eigenvalue weighted by Gasteiger charge is -2.33. The average molecular weight is 238 g/mol. The molecule has 2 aliphatic rings. The normalized spacial score (nSPS) is 26.8. The zero-order valence-electron chi connectivity index (χ0n) is 11.8. The number of hydrogen-bond acceptors (Lipinski definition) is 2. The fraction of sp³-hybridized carbons (Fsp3) is 1.00. The fourth-order valence-electron chi connectivity index (χ4n) is 3.59. The predicted molar refractivity (Wildman–Crippen MR) is 74.0 cm³/mol. The van der Waals surface area contributed by atoms with Crippen molar-refractivity contribution < 1.29 is 0 Å². The van der Waals surface area contributed by atoms with E-state index in [0.717, 1.165) is 0 Å². The van der Waals surface area contributed by atoms with Crippen molar-refractivity contribution in [3.8, 4) is 0 Å². The van der Waals surface area contributed by atoms with Crippen molar-refractivity contribution >= 4 is 0 Å². The molecule has 1 saturated carbocycles. The van der Waals surface area contributed by atoms with Crippen LogP contribution in [0.5, 0.6) is 0 Å². The number of nitrogens with zero attached hydrogens (tertiary/aromatic N) is 1. The summed E-state index contributed by atoms with van der Waals surface area (Å²) in [4.78, 5) is 2.67. The summed E-state index contributed by atoms with van der Waals surface area (Å²) in [7, 11) is 0. The minimum atomic E-state index is 0.387. The van der Waals surface area contributed by atoms with E-state index in [4.69, 9.17) is 5.73 Å². The maximum Gasteiger partial charge on any atom is 0.00740 e. The van der Waals surface area contributed by atoms with E-state index in [-0.39, 0.29) is 0 Å². The lowest BCUT2D eigenvalue weighted by atomic mass is 9.73. The molecule has 2 fully saturated rings. The summed E-state index contributed by atoms with van der Waals surface area (Å²) in [5.41, 5.74) is 6.85. The third kappa shape index (κ3) is 3.45. The van der Waals surface area contributed by atoms with Gasteiger partial charge in [0.25, 0.3) is 0 Å². The van der Waals surface area contributed by atoms with Gasteiger partial charge in [0.05, 0.1) is 0 Å². The Morgan fingerprint density at radius 2 is 1.82 bits per heavy atom. The van der Waals surface area contributed by atoms with Gasteiger partial charge in [-0.25, -0.2) is 0 Å². The molecule has 1 aliphatic carbocycles. The summed E-state index contributed by atoms with van der Waals surface area (Å²) in [6.45, 7) is 8.37. The fourth-order valence-corrected chi connectivity index (χ4v) is 3.59. The highest BCUT2D eigenvalue weighted by Crippen LogP contribution is 2.43. The summed E-state index contributed by atoms with van der Waals surface area (Å²) >= 11 is 0. The van der Waals surface area contributed by atoms with Crippen LogP contribution in [0.1, 0.15) is 58.8 Å². The first-order valence-electron chi connectivity index (χ1n) is 7.59. The van der Waals surface area contributed by atoms with Crippen LogP contribution in [0, 0.1) is 11.3 Å². The van der Waals surface area contributed by atoms with E-state index in [1.54, 1.807) is 0 Å². The highest BCUT2D eigenvalue weighted by Gasteiger charge is 2.38. The van der Waals surface area contributed by atoms with E-state index < -0.39 is 0 Å². The Labute approximate surface area is 107 Å². The molecule has 0 aromatic heterocycles. The van der Waals surface area contributed by atoms with Gasteiger partial charge in [-0.3, -0.25) is 0 Å². The maximum absolute atomic E-state index is 6.14. The third-order valence-electron chi connectivity index (χ3n) is 5.07. The van der Waals surface area contributed by atoms with Crippen molar-refractivity contribution in [2.45, 2.75) is 64.8 Å². The molecule has 17 heavy (non-hydrogen) atoms. The van der Waals surface area contributed by atoms with Gasteiger partial charge in [-0.2, -0.15) is 0 Å². The van der Waals surface area contributed by atoms with Gasteiger partial charge in [-0.1, -0.05) is 33.1 Å². The van der Waals surface area contributed by atoms with Crippen molar-refractivity contribution in [2.75, 3.05) is 19.6 Å². The van der Waals surface area contributed by atoms with Crippen molar-refractivity contribution in [3.63, 3.8) is 0 Å². The second kappa shape index (κ2) is 5.71. The Hall–Kier alpha value is -0.0800. The lowest BCUT2D eigenvalue weighted by Crippen LogP contribution is -2.34. The van der Waals surface area contributed by atoms with Crippen LogP contribution in [0.2, 0.25) is 0 Å². The van der Waals surface area contributed by atoms with Gasteiger partial charge in [0.1, 0.15) is 0 Å². The average Bonchev–Trinajstić information content (AvgIpc) is 2.70. The minimum Gasteiger partial charge on any atom is -0.327 e. The summed E-state index contributed by atoms with van der Waals surface area (Å²) in [5, 5.41) is 0. The topological polar surface area (TPSA) is 29.3 Å². The molecule has 1 spiro atoms. The molecule has 1 heterocycles. The quantitative estimate of drug-likeness (QED) is 0.816. The van der Waals surface area contributed by atoms with Crippen LogP contribution in [0.3, 0.4) is 0 Å². The first-order chi connectivity index (χ1) is 8.11. The van der Waals surface area contributed by atoms with Crippen LogP contribution >= 0.6 is 0 Å². The Kier molecular flexibility index (Phi) is 4.48. The van der Waals surface area contributed by atoms with Gasteiger partial charge in [-0.05, 0) is 50.1 Å². The predicted octanol–water partition coefficient (Wildman–Crippen LogP) is 3.02. The number of likely N-dealkylation sites (tertiary alicyclic amines) is 1. The molecule has 1 unspecified atom stereocenters. The number of nitrogens with two attached hydrogens (primary N) is 1. The van der Waals surface area contributed by atoms with Crippen LogP contribution in [-0.4, -0.2) is 30.6 Å². The molecule has 100 valence electrons. The molecule has 2 heteroatoms.